The first kappa shape index (κ1) is 24.7. The standard InChI is InChI=1S/C30H31N3O4/c1-19-16-20(2)33(32-19)22-9-7-8-21(17-22)29(35)28(34)14-15-31-30(36)37-18-27-25-12-5-3-10-23(25)24-11-4-6-13-26(24)27/h3-13,16-17,27-29,34-35H,14-15,18H2,1-2H3,(H,31,36). The predicted molar refractivity (Wildman–Crippen MR) is 142 cm³/mol. The molecule has 37 heavy (non-hydrogen) atoms. The Morgan fingerprint density at radius 1 is 0.973 bits per heavy atom. The number of aryl methyl sites for hydroxylation is 2. The molecule has 0 saturated carbocycles. The Kier molecular flexibility index (Phi) is 7.08. The Morgan fingerprint density at radius 3 is 2.30 bits per heavy atom. The first-order valence-corrected chi connectivity index (χ1v) is 12.5. The second-order valence-corrected chi connectivity index (χ2v) is 9.49. The van der Waals surface area contributed by atoms with Gasteiger partial charge in [-0.3, -0.25) is 0 Å². The fourth-order valence-electron chi connectivity index (χ4n) is 5.08. The van der Waals surface area contributed by atoms with Gasteiger partial charge in [-0.05, 0) is 66.3 Å². The van der Waals surface area contributed by atoms with Crippen LogP contribution in [0, 0.1) is 13.8 Å². The van der Waals surface area contributed by atoms with Gasteiger partial charge < -0.3 is 20.3 Å². The molecular weight excluding hydrogens is 466 g/mol. The van der Waals surface area contributed by atoms with Crippen LogP contribution >= 0.6 is 0 Å². The lowest BCUT2D eigenvalue weighted by molar-refractivity contribution is 0.0136. The number of fused-ring (bicyclic) bond motifs is 3. The van der Waals surface area contributed by atoms with Crippen molar-refractivity contribution >= 4 is 6.09 Å². The van der Waals surface area contributed by atoms with Crippen LogP contribution in [-0.2, 0) is 4.74 Å². The molecule has 0 aliphatic heterocycles. The van der Waals surface area contributed by atoms with Crippen LogP contribution in [0.1, 0.15) is 46.5 Å². The van der Waals surface area contributed by atoms with Gasteiger partial charge in [0.05, 0.1) is 17.5 Å². The van der Waals surface area contributed by atoms with E-state index >= 15 is 0 Å². The number of aromatic nitrogens is 2. The maximum Gasteiger partial charge on any atom is 0.407 e. The third kappa shape index (κ3) is 5.14. The number of benzene rings is 3. The number of carbonyl (C=O) groups excluding carboxylic acids is 1. The van der Waals surface area contributed by atoms with E-state index in [0.717, 1.165) is 28.2 Å². The molecule has 0 bridgehead atoms. The molecule has 0 radical (unpaired) electrons. The molecule has 190 valence electrons. The Labute approximate surface area is 216 Å². The van der Waals surface area contributed by atoms with E-state index in [1.807, 2.05) is 62.4 Å². The van der Waals surface area contributed by atoms with Crippen LogP contribution in [0.25, 0.3) is 16.8 Å². The van der Waals surface area contributed by atoms with Crippen LogP contribution in [0.5, 0.6) is 0 Å². The molecule has 0 fully saturated rings. The fourth-order valence-corrected chi connectivity index (χ4v) is 5.08. The summed E-state index contributed by atoms with van der Waals surface area (Å²) in [5.41, 5.74) is 7.93. The Balaban J connectivity index is 1.14. The van der Waals surface area contributed by atoms with Gasteiger partial charge in [0.2, 0.25) is 0 Å². The van der Waals surface area contributed by atoms with Crippen LogP contribution in [0.3, 0.4) is 0 Å². The normalized spacial score (nSPS) is 14.1. The summed E-state index contributed by atoms with van der Waals surface area (Å²) in [5, 5.41) is 28.4. The number of nitrogens with zero attached hydrogens (tertiary/aromatic N) is 2. The molecule has 3 N–H and O–H groups in total. The highest BCUT2D eigenvalue weighted by atomic mass is 16.5. The minimum atomic E-state index is -1.10. The quantitative estimate of drug-likeness (QED) is 0.325. The molecule has 3 aromatic carbocycles. The lowest BCUT2D eigenvalue weighted by atomic mass is 9.98. The molecule has 2 atom stereocenters. The van der Waals surface area contributed by atoms with Crippen LogP contribution < -0.4 is 5.32 Å². The fraction of sp³-hybridized carbons (Fsp3) is 0.267. The number of ether oxygens (including phenoxy) is 1. The summed E-state index contributed by atoms with van der Waals surface area (Å²) in [6, 6.07) is 25.6. The van der Waals surface area contributed by atoms with E-state index in [1.54, 1.807) is 10.7 Å². The summed E-state index contributed by atoms with van der Waals surface area (Å²) in [6.45, 7) is 4.29. The van der Waals surface area contributed by atoms with Crippen molar-refractivity contribution in [2.45, 2.75) is 38.4 Å². The van der Waals surface area contributed by atoms with Gasteiger partial charge in [0, 0.05) is 18.2 Å². The number of alkyl carbamates (subject to hydrolysis) is 1. The van der Waals surface area contributed by atoms with E-state index in [2.05, 4.69) is 34.7 Å². The zero-order valence-electron chi connectivity index (χ0n) is 21.0. The van der Waals surface area contributed by atoms with Crippen LogP contribution in [-0.4, -0.2) is 45.3 Å². The highest BCUT2D eigenvalue weighted by Crippen LogP contribution is 2.44. The topological polar surface area (TPSA) is 96.6 Å². The summed E-state index contributed by atoms with van der Waals surface area (Å²) >= 11 is 0. The van der Waals surface area contributed by atoms with Gasteiger partial charge in [-0.25, -0.2) is 9.48 Å². The first-order valence-electron chi connectivity index (χ1n) is 12.5. The minimum absolute atomic E-state index is 0.0138. The van der Waals surface area contributed by atoms with Gasteiger partial charge in [0.25, 0.3) is 0 Å². The van der Waals surface area contributed by atoms with Gasteiger partial charge in [0.15, 0.2) is 0 Å². The van der Waals surface area contributed by atoms with E-state index in [-0.39, 0.29) is 25.5 Å². The van der Waals surface area contributed by atoms with E-state index in [1.165, 1.54) is 11.1 Å². The minimum Gasteiger partial charge on any atom is -0.449 e. The van der Waals surface area contributed by atoms with Gasteiger partial charge in [-0.1, -0.05) is 60.7 Å². The number of aliphatic hydroxyl groups excluding tert-OH is 2. The second kappa shape index (κ2) is 10.6. The van der Waals surface area contributed by atoms with Gasteiger partial charge in [0.1, 0.15) is 12.7 Å². The van der Waals surface area contributed by atoms with Gasteiger partial charge in [-0.2, -0.15) is 5.10 Å². The van der Waals surface area contributed by atoms with Crippen molar-refractivity contribution in [2.75, 3.05) is 13.2 Å². The van der Waals surface area contributed by atoms with Crippen molar-refractivity contribution in [3.05, 3.63) is 107 Å². The van der Waals surface area contributed by atoms with Gasteiger partial charge >= 0.3 is 6.09 Å². The maximum absolute atomic E-state index is 12.4. The highest BCUT2D eigenvalue weighted by molar-refractivity contribution is 5.79. The number of hydrogen-bond donors (Lipinski definition) is 3. The number of hydrogen-bond acceptors (Lipinski definition) is 5. The van der Waals surface area contributed by atoms with Gasteiger partial charge in [-0.15, -0.1) is 0 Å². The molecular formula is C30H31N3O4. The van der Waals surface area contributed by atoms with E-state index in [4.69, 9.17) is 4.74 Å². The molecule has 1 amide bonds. The van der Waals surface area contributed by atoms with Crippen LogP contribution in [0.2, 0.25) is 0 Å². The van der Waals surface area contributed by atoms with Crippen LogP contribution in [0.15, 0.2) is 78.9 Å². The number of rotatable bonds is 8. The molecule has 1 aliphatic carbocycles. The lowest BCUT2D eigenvalue weighted by Gasteiger charge is -2.19. The Bertz CT molecular complexity index is 1370. The molecule has 7 heteroatoms. The van der Waals surface area contributed by atoms with Crippen molar-refractivity contribution in [1.82, 2.24) is 15.1 Å². The highest BCUT2D eigenvalue weighted by Gasteiger charge is 2.29. The molecule has 0 saturated heterocycles. The Morgan fingerprint density at radius 2 is 1.65 bits per heavy atom. The number of aliphatic hydroxyl groups is 2. The smallest absolute Gasteiger partial charge is 0.407 e. The molecule has 5 rings (SSSR count). The molecule has 4 aromatic rings. The molecule has 0 spiro atoms. The van der Waals surface area contributed by atoms with Crippen LogP contribution in [0.4, 0.5) is 4.79 Å². The molecule has 2 unspecified atom stereocenters. The SMILES string of the molecule is Cc1cc(C)n(-c2cccc(C(O)C(O)CCNC(=O)OCC3c4ccccc4-c4ccccc43)c2)n1. The van der Waals surface area contributed by atoms with Crippen molar-refractivity contribution in [1.29, 1.82) is 0 Å². The third-order valence-corrected chi connectivity index (χ3v) is 6.88. The van der Waals surface area contributed by atoms with E-state index in [9.17, 15) is 15.0 Å². The molecule has 7 nitrogen and oxygen atoms in total. The zero-order chi connectivity index (χ0) is 25.9. The summed E-state index contributed by atoms with van der Waals surface area (Å²) in [5.74, 6) is -0.0138. The largest absolute Gasteiger partial charge is 0.449 e. The first-order chi connectivity index (χ1) is 17.9. The van der Waals surface area contributed by atoms with Crippen molar-refractivity contribution < 1.29 is 19.7 Å². The predicted octanol–water partition coefficient (Wildman–Crippen LogP) is 4.81. The summed E-state index contributed by atoms with van der Waals surface area (Å²) in [7, 11) is 0. The second-order valence-electron chi connectivity index (χ2n) is 9.49. The van der Waals surface area contributed by atoms with E-state index < -0.39 is 18.3 Å². The Hall–Kier alpha value is -3.94. The average molecular weight is 498 g/mol. The number of nitrogens with one attached hydrogen (secondary N) is 1. The lowest BCUT2D eigenvalue weighted by Crippen LogP contribution is -2.30. The molecule has 1 aromatic heterocycles. The summed E-state index contributed by atoms with van der Waals surface area (Å²) < 4.78 is 7.34. The maximum atomic E-state index is 12.4. The number of amides is 1. The van der Waals surface area contributed by atoms with Crippen molar-refractivity contribution in [2.24, 2.45) is 0 Å². The summed E-state index contributed by atoms with van der Waals surface area (Å²) in [6.07, 6.45) is -2.52. The van der Waals surface area contributed by atoms with Crippen molar-refractivity contribution in [3.8, 4) is 16.8 Å². The average Bonchev–Trinajstić information content (AvgIpc) is 3.42. The number of carbonyl (C=O) groups is 1. The molecule has 1 heterocycles. The summed E-state index contributed by atoms with van der Waals surface area (Å²) in [4.78, 5) is 12.4. The molecule has 1 aliphatic rings. The zero-order valence-corrected chi connectivity index (χ0v) is 21.0. The van der Waals surface area contributed by atoms with Crippen molar-refractivity contribution in [3.63, 3.8) is 0 Å². The monoisotopic (exact) mass is 497 g/mol. The third-order valence-electron chi connectivity index (χ3n) is 6.88. The van der Waals surface area contributed by atoms with E-state index in [0.29, 0.717) is 5.56 Å².